The average Bonchev–Trinajstić information content (AvgIpc) is 2.99. The second-order valence-electron chi connectivity index (χ2n) is 4.15. The molecule has 0 aliphatic rings. The molecule has 4 nitrogen and oxygen atoms in total. The Morgan fingerprint density at radius 1 is 1.15 bits per heavy atom. The summed E-state index contributed by atoms with van der Waals surface area (Å²) in [5.41, 5.74) is 0.325. The Kier molecular flexibility index (Phi) is 3.20. The van der Waals surface area contributed by atoms with E-state index in [0.29, 0.717) is 28.2 Å². The second kappa shape index (κ2) is 5.02. The highest BCUT2D eigenvalue weighted by atomic mass is 32.1. The van der Waals surface area contributed by atoms with E-state index in [1.54, 1.807) is 19.2 Å². The van der Waals surface area contributed by atoms with E-state index in [2.05, 4.69) is 0 Å². The average molecular weight is 288 g/mol. The van der Waals surface area contributed by atoms with Crippen molar-refractivity contribution in [1.82, 2.24) is 0 Å². The van der Waals surface area contributed by atoms with Crippen LogP contribution in [0, 0.1) is 0 Å². The molecule has 0 saturated heterocycles. The summed E-state index contributed by atoms with van der Waals surface area (Å²) in [6.07, 6.45) is 0. The largest absolute Gasteiger partial charge is 0.496 e. The lowest BCUT2D eigenvalue weighted by Gasteiger charge is -2.08. The number of methoxy groups -OCH3 is 2. The van der Waals surface area contributed by atoms with Crippen molar-refractivity contribution in [2.75, 3.05) is 14.2 Å². The summed E-state index contributed by atoms with van der Waals surface area (Å²) >= 11 is 1.52. The van der Waals surface area contributed by atoms with E-state index in [1.807, 2.05) is 17.5 Å². The lowest BCUT2D eigenvalue weighted by Crippen LogP contribution is -2.03. The van der Waals surface area contributed by atoms with Gasteiger partial charge in [0.15, 0.2) is 5.43 Å². The fourth-order valence-corrected chi connectivity index (χ4v) is 2.72. The van der Waals surface area contributed by atoms with Crippen molar-refractivity contribution in [1.29, 1.82) is 0 Å². The quantitative estimate of drug-likeness (QED) is 0.739. The minimum Gasteiger partial charge on any atom is -0.496 e. The molecule has 0 amide bonds. The maximum Gasteiger partial charge on any atom is 0.197 e. The fraction of sp³-hybridized carbons (Fsp3) is 0.133. The molecule has 0 bridgehead atoms. The summed E-state index contributed by atoms with van der Waals surface area (Å²) in [5.74, 6) is 1.58. The van der Waals surface area contributed by atoms with Gasteiger partial charge in [-0.05, 0) is 11.4 Å². The van der Waals surface area contributed by atoms with Crippen molar-refractivity contribution in [3.8, 4) is 22.1 Å². The van der Waals surface area contributed by atoms with Crippen LogP contribution < -0.4 is 14.9 Å². The molecule has 0 atom stereocenters. The normalized spacial score (nSPS) is 10.7. The third kappa shape index (κ3) is 2.06. The molecule has 0 aliphatic heterocycles. The Labute approximate surface area is 119 Å². The van der Waals surface area contributed by atoms with Gasteiger partial charge in [0.05, 0.1) is 19.1 Å². The van der Waals surface area contributed by atoms with E-state index >= 15 is 0 Å². The van der Waals surface area contributed by atoms with E-state index in [0.717, 1.165) is 4.88 Å². The zero-order valence-corrected chi connectivity index (χ0v) is 11.8. The maximum atomic E-state index is 12.3. The predicted octanol–water partition coefficient (Wildman–Crippen LogP) is 3.54. The summed E-state index contributed by atoms with van der Waals surface area (Å²) in [6, 6.07) is 8.67. The monoisotopic (exact) mass is 288 g/mol. The third-order valence-corrected chi connectivity index (χ3v) is 3.87. The van der Waals surface area contributed by atoms with Crippen LogP contribution in [0.3, 0.4) is 0 Å². The van der Waals surface area contributed by atoms with Crippen LogP contribution >= 0.6 is 11.3 Å². The number of fused-ring (bicyclic) bond motifs is 1. The standard InChI is InChI=1S/C15H12O4S/c1-17-9-6-12(18-2)15-10(16)8-11(19-13(15)7-9)14-4-3-5-20-14/h3-8H,1-2H3. The van der Waals surface area contributed by atoms with Gasteiger partial charge >= 0.3 is 0 Å². The molecule has 0 unspecified atom stereocenters. The molecular weight excluding hydrogens is 276 g/mol. The molecule has 3 aromatic rings. The number of thiophene rings is 1. The molecule has 5 heteroatoms. The van der Waals surface area contributed by atoms with Crippen molar-refractivity contribution in [2.45, 2.75) is 0 Å². The highest BCUT2D eigenvalue weighted by Gasteiger charge is 2.13. The van der Waals surface area contributed by atoms with E-state index in [4.69, 9.17) is 13.9 Å². The van der Waals surface area contributed by atoms with Gasteiger partial charge in [-0.25, -0.2) is 0 Å². The highest BCUT2D eigenvalue weighted by molar-refractivity contribution is 7.13. The van der Waals surface area contributed by atoms with Gasteiger partial charge in [-0.15, -0.1) is 11.3 Å². The number of benzene rings is 1. The molecule has 102 valence electrons. The van der Waals surface area contributed by atoms with Crippen LogP contribution in [-0.2, 0) is 0 Å². The Balaban J connectivity index is 2.33. The first-order valence-corrected chi connectivity index (χ1v) is 6.84. The SMILES string of the molecule is COc1cc(OC)c2c(=O)cc(-c3cccs3)oc2c1. The summed E-state index contributed by atoms with van der Waals surface area (Å²) in [7, 11) is 3.07. The van der Waals surface area contributed by atoms with Crippen molar-refractivity contribution in [3.05, 3.63) is 45.9 Å². The molecule has 0 N–H and O–H groups in total. The first-order valence-electron chi connectivity index (χ1n) is 5.96. The molecule has 0 radical (unpaired) electrons. The second-order valence-corrected chi connectivity index (χ2v) is 5.10. The molecule has 0 saturated carbocycles. The molecule has 3 rings (SSSR count). The number of ether oxygens (including phenoxy) is 2. The van der Waals surface area contributed by atoms with Crippen LogP contribution in [0.15, 0.2) is 44.9 Å². The van der Waals surface area contributed by atoms with Crippen LogP contribution in [0.2, 0.25) is 0 Å². The van der Waals surface area contributed by atoms with Gasteiger partial charge in [0, 0.05) is 18.2 Å². The Morgan fingerprint density at radius 3 is 2.65 bits per heavy atom. The lowest BCUT2D eigenvalue weighted by atomic mass is 10.2. The lowest BCUT2D eigenvalue weighted by molar-refractivity contribution is 0.396. The van der Waals surface area contributed by atoms with Crippen molar-refractivity contribution in [3.63, 3.8) is 0 Å². The van der Waals surface area contributed by atoms with Gasteiger partial charge in [0.1, 0.15) is 28.2 Å². The molecular formula is C15H12O4S. The summed E-state index contributed by atoms with van der Waals surface area (Å²) < 4.78 is 16.3. The van der Waals surface area contributed by atoms with E-state index < -0.39 is 0 Å². The Bertz CT molecular complexity index is 803. The van der Waals surface area contributed by atoms with Gasteiger partial charge in [0.2, 0.25) is 0 Å². The van der Waals surface area contributed by atoms with Gasteiger partial charge in [-0.1, -0.05) is 6.07 Å². The molecule has 1 aromatic carbocycles. The number of hydrogen-bond acceptors (Lipinski definition) is 5. The van der Waals surface area contributed by atoms with Gasteiger partial charge in [-0.2, -0.15) is 0 Å². The molecule has 0 aliphatic carbocycles. The van der Waals surface area contributed by atoms with Crippen LogP contribution in [-0.4, -0.2) is 14.2 Å². The van der Waals surface area contributed by atoms with E-state index in [-0.39, 0.29) is 5.43 Å². The molecule has 2 aromatic heterocycles. The highest BCUT2D eigenvalue weighted by Crippen LogP contribution is 2.32. The number of hydrogen-bond donors (Lipinski definition) is 0. The topological polar surface area (TPSA) is 48.7 Å². The molecule has 0 spiro atoms. The molecule has 0 fully saturated rings. The summed E-state index contributed by atoms with van der Waals surface area (Å²) in [6.45, 7) is 0. The Morgan fingerprint density at radius 2 is 2.00 bits per heavy atom. The van der Waals surface area contributed by atoms with Crippen LogP contribution in [0.5, 0.6) is 11.5 Å². The molecule has 20 heavy (non-hydrogen) atoms. The van der Waals surface area contributed by atoms with E-state index in [1.165, 1.54) is 24.5 Å². The van der Waals surface area contributed by atoms with Crippen LogP contribution in [0.4, 0.5) is 0 Å². The van der Waals surface area contributed by atoms with Gasteiger partial charge in [0.25, 0.3) is 0 Å². The summed E-state index contributed by atoms with van der Waals surface area (Å²) in [4.78, 5) is 13.2. The third-order valence-electron chi connectivity index (χ3n) is 2.99. The first kappa shape index (κ1) is 12.7. The van der Waals surface area contributed by atoms with Gasteiger partial charge < -0.3 is 13.9 Å². The van der Waals surface area contributed by atoms with Crippen LogP contribution in [0.25, 0.3) is 21.6 Å². The fourth-order valence-electron chi connectivity index (χ4n) is 2.05. The zero-order valence-electron chi connectivity index (χ0n) is 11.0. The first-order chi connectivity index (χ1) is 9.72. The Hall–Kier alpha value is -2.27. The summed E-state index contributed by atoms with van der Waals surface area (Å²) in [5, 5.41) is 2.36. The van der Waals surface area contributed by atoms with Crippen molar-refractivity contribution in [2.24, 2.45) is 0 Å². The number of rotatable bonds is 3. The van der Waals surface area contributed by atoms with E-state index in [9.17, 15) is 4.79 Å². The minimum absolute atomic E-state index is 0.130. The zero-order chi connectivity index (χ0) is 14.1. The predicted molar refractivity (Wildman–Crippen MR) is 78.9 cm³/mol. The smallest absolute Gasteiger partial charge is 0.197 e. The maximum absolute atomic E-state index is 12.3. The molecule has 2 heterocycles. The minimum atomic E-state index is -0.130. The van der Waals surface area contributed by atoms with Crippen molar-refractivity contribution >= 4 is 22.3 Å². The van der Waals surface area contributed by atoms with Gasteiger partial charge in [-0.3, -0.25) is 4.79 Å². The van der Waals surface area contributed by atoms with Crippen molar-refractivity contribution < 1.29 is 13.9 Å². The van der Waals surface area contributed by atoms with Crippen LogP contribution in [0.1, 0.15) is 0 Å².